The van der Waals surface area contributed by atoms with Gasteiger partial charge in [0, 0.05) is 17.8 Å². The molecule has 4 aromatic rings. The number of hydrogen-bond acceptors (Lipinski definition) is 3. The third kappa shape index (κ3) is 3.09. The van der Waals surface area contributed by atoms with E-state index in [0.29, 0.717) is 23.2 Å². The van der Waals surface area contributed by atoms with Gasteiger partial charge in [-0.2, -0.15) is 5.10 Å². The fraction of sp³-hybridized carbons (Fsp3) is 0.190. The highest BCUT2D eigenvalue weighted by molar-refractivity contribution is 5.66. The molecule has 0 saturated carbocycles. The van der Waals surface area contributed by atoms with Gasteiger partial charge in [0.15, 0.2) is 5.82 Å². The van der Waals surface area contributed by atoms with Crippen LogP contribution in [-0.4, -0.2) is 24.7 Å². The Balaban J connectivity index is 1.98. The molecule has 5 nitrogen and oxygen atoms in total. The van der Waals surface area contributed by atoms with Crippen molar-refractivity contribution in [3.63, 3.8) is 0 Å². The predicted octanol–water partition coefficient (Wildman–Crippen LogP) is 4.84. The molecular formula is C21H19F2N5. The van der Waals surface area contributed by atoms with Crippen LogP contribution in [0.4, 0.5) is 8.78 Å². The van der Waals surface area contributed by atoms with Crippen molar-refractivity contribution in [2.24, 2.45) is 0 Å². The first-order chi connectivity index (χ1) is 13.3. The summed E-state index contributed by atoms with van der Waals surface area (Å²) in [7, 11) is 0. The second kappa shape index (κ2) is 6.67. The number of H-pyrrole nitrogens is 1. The Labute approximate surface area is 161 Å². The van der Waals surface area contributed by atoms with Gasteiger partial charge in [-0.3, -0.25) is 9.67 Å². The Bertz CT molecular complexity index is 1170. The summed E-state index contributed by atoms with van der Waals surface area (Å²) in [4.78, 5) is 8.97. The van der Waals surface area contributed by atoms with E-state index in [-0.39, 0.29) is 5.56 Å². The lowest BCUT2D eigenvalue weighted by molar-refractivity contribution is 0.585. The van der Waals surface area contributed by atoms with E-state index in [0.717, 1.165) is 28.4 Å². The molecule has 0 aliphatic carbocycles. The molecule has 28 heavy (non-hydrogen) atoms. The summed E-state index contributed by atoms with van der Waals surface area (Å²) in [6.45, 7) is 7.87. The third-order valence-corrected chi connectivity index (χ3v) is 4.59. The summed E-state index contributed by atoms with van der Waals surface area (Å²) < 4.78 is 29.6. The number of nitrogens with zero attached hydrogens (tertiary/aromatic N) is 4. The van der Waals surface area contributed by atoms with E-state index in [4.69, 9.17) is 0 Å². The van der Waals surface area contributed by atoms with E-state index in [9.17, 15) is 8.78 Å². The van der Waals surface area contributed by atoms with Crippen LogP contribution in [0.5, 0.6) is 0 Å². The van der Waals surface area contributed by atoms with Crippen molar-refractivity contribution in [3.05, 3.63) is 70.7 Å². The number of aryl methyl sites for hydroxylation is 4. The Morgan fingerprint density at radius 3 is 2.25 bits per heavy atom. The van der Waals surface area contributed by atoms with Gasteiger partial charge >= 0.3 is 0 Å². The molecule has 142 valence electrons. The van der Waals surface area contributed by atoms with Gasteiger partial charge in [-0.1, -0.05) is 17.7 Å². The Morgan fingerprint density at radius 1 is 0.929 bits per heavy atom. The monoisotopic (exact) mass is 379 g/mol. The molecule has 0 spiro atoms. The highest BCUT2D eigenvalue weighted by Crippen LogP contribution is 2.31. The highest BCUT2D eigenvalue weighted by atomic mass is 19.1. The zero-order valence-corrected chi connectivity index (χ0v) is 16.0. The van der Waals surface area contributed by atoms with Crippen LogP contribution in [0.1, 0.15) is 22.5 Å². The molecule has 0 aliphatic rings. The molecule has 1 N–H and O–H groups in total. The molecule has 0 fully saturated rings. The largest absolute Gasteiger partial charge is 0.296 e. The van der Waals surface area contributed by atoms with Crippen molar-refractivity contribution in [3.8, 4) is 28.6 Å². The predicted molar refractivity (Wildman–Crippen MR) is 103 cm³/mol. The van der Waals surface area contributed by atoms with Crippen LogP contribution in [0.25, 0.3) is 28.6 Å². The molecular weight excluding hydrogens is 360 g/mol. The standard InChI is InChI=1S/C21H19F2N5/c1-11-7-12(2)19(13(3)8-11)28-10-18(16-6-5-15(22)9-17(16)23)25-21(28)20-24-14(4)26-27-20/h5-10H,1-4H3,(H,24,26,27). The molecule has 2 aromatic heterocycles. The lowest BCUT2D eigenvalue weighted by Crippen LogP contribution is -2.03. The average Bonchev–Trinajstić information content (AvgIpc) is 3.20. The van der Waals surface area contributed by atoms with E-state index in [1.165, 1.54) is 12.1 Å². The summed E-state index contributed by atoms with van der Waals surface area (Å²) in [5.74, 6) is 0.246. The van der Waals surface area contributed by atoms with Crippen LogP contribution in [0.3, 0.4) is 0 Å². The fourth-order valence-electron chi connectivity index (χ4n) is 3.53. The number of nitrogens with one attached hydrogen (secondary N) is 1. The number of hydrogen-bond donors (Lipinski definition) is 1. The quantitative estimate of drug-likeness (QED) is 0.554. The molecule has 2 heterocycles. The van der Waals surface area contributed by atoms with Crippen LogP contribution in [0.2, 0.25) is 0 Å². The van der Waals surface area contributed by atoms with Crippen molar-refractivity contribution in [1.82, 2.24) is 24.7 Å². The number of aromatic amines is 1. The molecule has 0 saturated heterocycles. The minimum Gasteiger partial charge on any atom is -0.296 e. The normalized spacial score (nSPS) is 11.2. The van der Waals surface area contributed by atoms with Crippen molar-refractivity contribution in [1.29, 1.82) is 0 Å². The molecule has 0 aliphatic heterocycles. The first-order valence-corrected chi connectivity index (χ1v) is 8.86. The lowest BCUT2D eigenvalue weighted by atomic mass is 10.0. The molecule has 0 radical (unpaired) electrons. The average molecular weight is 379 g/mol. The molecule has 7 heteroatoms. The number of rotatable bonds is 3. The van der Waals surface area contributed by atoms with Crippen molar-refractivity contribution >= 4 is 0 Å². The molecule has 0 bridgehead atoms. The van der Waals surface area contributed by atoms with Crippen LogP contribution < -0.4 is 0 Å². The Kier molecular flexibility index (Phi) is 4.30. The third-order valence-electron chi connectivity index (χ3n) is 4.59. The van der Waals surface area contributed by atoms with Crippen LogP contribution >= 0.6 is 0 Å². The maximum Gasteiger partial charge on any atom is 0.217 e. The second-order valence-electron chi connectivity index (χ2n) is 6.94. The van der Waals surface area contributed by atoms with Gasteiger partial charge in [0.25, 0.3) is 0 Å². The van der Waals surface area contributed by atoms with E-state index in [2.05, 4.69) is 32.3 Å². The van der Waals surface area contributed by atoms with Crippen molar-refractivity contribution in [2.45, 2.75) is 27.7 Å². The SMILES string of the molecule is Cc1cc(C)c(-n2cc(-c3ccc(F)cc3F)nc2-c2n[nH]c(C)n2)c(C)c1. The maximum absolute atomic E-state index is 14.4. The van der Waals surface area contributed by atoms with E-state index >= 15 is 0 Å². The fourth-order valence-corrected chi connectivity index (χ4v) is 3.53. The molecule has 2 aromatic carbocycles. The zero-order chi connectivity index (χ0) is 20.0. The summed E-state index contributed by atoms with van der Waals surface area (Å²) in [6, 6.07) is 7.62. The first-order valence-electron chi connectivity index (χ1n) is 8.86. The van der Waals surface area contributed by atoms with Crippen LogP contribution in [0.15, 0.2) is 36.5 Å². The van der Waals surface area contributed by atoms with E-state index in [1.807, 2.05) is 25.3 Å². The molecule has 4 rings (SSSR count). The summed E-state index contributed by atoms with van der Waals surface area (Å²) >= 11 is 0. The number of benzene rings is 2. The Morgan fingerprint density at radius 2 is 1.64 bits per heavy atom. The van der Waals surface area contributed by atoms with Crippen molar-refractivity contribution in [2.75, 3.05) is 0 Å². The first kappa shape index (κ1) is 18.0. The van der Waals surface area contributed by atoms with Gasteiger partial charge in [0.05, 0.1) is 11.4 Å². The van der Waals surface area contributed by atoms with E-state index in [1.54, 1.807) is 13.1 Å². The second-order valence-corrected chi connectivity index (χ2v) is 6.94. The lowest BCUT2D eigenvalue weighted by Gasteiger charge is -2.13. The van der Waals surface area contributed by atoms with Gasteiger partial charge in [0.2, 0.25) is 5.82 Å². The molecule has 0 amide bonds. The number of imidazole rings is 1. The smallest absolute Gasteiger partial charge is 0.217 e. The van der Waals surface area contributed by atoms with E-state index < -0.39 is 11.6 Å². The summed E-state index contributed by atoms with van der Waals surface area (Å²) in [5, 5.41) is 7.03. The van der Waals surface area contributed by atoms with Crippen LogP contribution in [-0.2, 0) is 0 Å². The minimum atomic E-state index is -0.667. The van der Waals surface area contributed by atoms with Gasteiger partial charge < -0.3 is 0 Å². The topological polar surface area (TPSA) is 59.4 Å². The Hall–Kier alpha value is -3.35. The number of halogens is 2. The highest BCUT2D eigenvalue weighted by Gasteiger charge is 2.20. The zero-order valence-electron chi connectivity index (χ0n) is 16.0. The maximum atomic E-state index is 14.4. The van der Waals surface area contributed by atoms with Gasteiger partial charge in [-0.25, -0.2) is 18.7 Å². The van der Waals surface area contributed by atoms with Crippen LogP contribution in [0, 0.1) is 39.3 Å². The van der Waals surface area contributed by atoms with Crippen molar-refractivity contribution < 1.29 is 8.78 Å². The molecule has 0 atom stereocenters. The van der Waals surface area contributed by atoms with Gasteiger partial charge in [-0.15, -0.1) is 0 Å². The van der Waals surface area contributed by atoms with Gasteiger partial charge in [0.1, 0.15) is 17.5 Å². The summed E-state index contributed by atoms with van der Waals surface area (Å²) in [6.07, 6.45) is 1.74. The number of aromatic nitrogens is 5. The summed E-state index contributed by atoms with van der Waals surface area (Å²) in [5.41, 5.74) is 4.79. The molecule has 0 unspecified atom stereocenters. The minimum absolute atomic E-state index is 0.219. The van der Waals surface area contributed by atoms with Gasteiger partial charge in [-0.05, 0) is 51.0 Å².